The summed E-state index contributed by atoms with van der Waals surface area (Å²) in [6, 6.07) is 7.20. The van der Waals surface area contributed by atoms with Crippen molar-refractivity contribution in [2.45, 2.75) is 25.9 Å². The van der Waals surface area contributed by atoms with Crippen LogP contribution in [0.2, 0.25) is 5.02 Å². The maximum absolute atomic E-state index is 12.4. The predicted octanol–water partition coefficient (Wildman–Crippen LogP) is 1.98. The first-order valence-corrected chi connectivity index (χ1v) is 7.92. The van der Waals surface area contributed by atoms with E-state index in [0.29, 0.717) is 49.9 Å². The molecule has 0 aromatic heterocycles. The van der Waals surface area contributed by atoms with E-state index in [-0.39, 0.29) is 12.0 Å². The first kappa shape index (κ1) is 17.1. The normalized spacial score (nSPS) is 18.5. The van der Waals surface area contributed by atoms with Crippen LogP contribution in [0.1, 0.15) is 19.8 Å². The Balaban J connectivity index is 1.84. The third kappa shape index (κ3) is 4.35. The molecule has 0 saturated carbocycles. The monoisotopic (exact) mass is 326 g/mol. The van der Waals surface area contributed by atoms with E-state index in [1.165, 1.54) is 0 Å². The first-order chi connectivity index (χ1) is 10.6. The molecule has 22 heavy (non-hydrogen) atoms. The molecule has 1 aromatic carbocycles. The van der Waals surface area contributed by atoms with Gasteiger partial charge in [-0.15, -0.1) is 0 Å². The Kier molecular flexibility index (Phi) is 6.06. The molecule has 1 heterocycles. The molecule has 0 bridgehead atoms. The molecule has 1 unspecified atom stereocenters. The predicted molar refractivity (Wildman–Crippen MR) is 86.1 cm³/mol. The zero-order valence-electron chi connectivity index (χ0n) is 12.8. The van der Waals surface area contributed by atoms with Gasteiger partial charge in [0.1, 0.15) is 11.9 Å². The maximum Gasteiger partial charge on any atom is 0.227 e. The minimum atomic E-state index is -0.506. The highest BCUT2D eigenvalue weighted by Crippen LogP contribution is 2.29. The van der Waals surface area contributed by atoms with Gasteiger partial charge in [-0.05, 0) is 38.0 Å². The summed E-state index contributed by atoms with van der Waals surface area (Å²) in [6.45, 7) is 3.83. The molecule has 1 atom stereocenters. The fourth-order valence-electron chi connectivity index (χ4n) is 2.52. The number of hydrogen-bond acceptors (Lipinski definition) is 4. The van der Waals surface area contributed by atoms with Crippen molar-refractivity contribution in [3.8, 4) is 5.75 Å². The van der Waals surface area contributed by atoms with E-state index in [1.807, 2.05) is 19.1 Å². The number of nitrogens with one attached hydrogen (secondary N) is 1. The zero-order valence-corrected chi connectivity index (χ0v) is 13.6. The molecule has 0 spiro atoms. The second kappa shape index (κ2) is 7.81. The highest BCUT2D eigenvalue weighted by atomic mass is 35.5. The van der Waals surface area contributed by atoms with Crippen LogP contribution in [-0.4, -0.2) is 38.3 Å². The first-order valence-electron chi connectivity index (χ1n) is 7.54. The largest absolute Gasteiger partial charge is 0.489 e. The summed E-state index contributed by atoms with van der Waals surface area (Å²) >= 11 is 5.92. The Bertz CT molecular complexity index is 504. The van der Waals surface area contributed by atoms with Gasteiger partial charge in [0, 0.05) is 24.8 Å². The fourth-order valence-corrected chi connectivity index (χ4v) is 2.70. The van der Waals surface area contributed by atoms with Crippen LogP contribution in [-0.2, 0) is 9.53 Å². The van der Waals surface area contributed by atoms with Crippen molar-refractivity contribution < 1.29 is 14.3 Å². The van der Waals surface area contributed by atoms with Crippen molar-refractivity contribution in [2.24, 2.45) is 11.1 Å². The van der Waals surface area contributed by atoms with Gasteiger partial charge in [0.2, 0.25) is 5.91 Å². The average Bonchev–Trinajstić information content (AvgIpc) is 2.53. The number of nitrogens with two attached hydrogens (primary N) is 1. The molecular formula is C16H23ClN2O3. The lowest BCUT2D eigenvalue weighted by Crippen LogP contribution is -2.50. The third-order valence-corrected chi connectivity index (χ3v) is 4.24. The molecule has 0 radical (unpaired) electrons. The van der Waals surface area contributed by atoms with Crippen molar-refractivity contribution >= 4 is 17.5 Å². The molecule has 3 N–H and O–H groups in total. The van der Waals surface area contributed by atoms with E-state index in [4.69, 9.17) is 26.8 Å². The van der Waals surface area contributed by atoms with E-state index >= 15 is 0 Å². The summed E-state index contributed by atoms with van der Waals surface area (Å²) in [6.07, 6.45) is 1.18. The summed E-state index contributed by atoms with van der Waals surface area (Å²) < 4.78 is 11.1. The van der Waals surface area contributed by atoms with E-state index in [0.717, 1.165) is 0 Å². The highest BCUT2D eigenvalue weighted by molar-refractivity contribution is 6.30. The van der Waals surface area contributed by atoms with Crippen LogP contribution >= 0.6 is 11.6 Å². The lowest BCUT2D eigenvalue weighted by molar-refractivity contribution is -0.136. The molecule has 1 aromatic rings. The molecule has 1 saturated heterocycles. The van der Waals surface area contributed by atoms with Crippen LogP contribution < -0.4 is 15.8 Å². The average molecular weight is 327 g/mol. The lowest BCUT2D eigenvalue weighted by Gasteiger charge is -2.34. The van der Waals surface area contributed by atoms with Gasteiger partial charge in [-0.1, -0.05) is 17.7 Å². The molecule has 122 valence electrons. The molecule has 1 aliphatic rings. The molecule has 2 rings (SSSR count). The number of ether oxygens (including phenoxy) is 2. The van der Waals surface area contributed by atoms with E-state index in [2.05, 4.69) is 5.32 Å². The maximum atomic E-state index is 12.4. The number of carbonyl (C=O) groups excluding carboxylic acids is 1. The van der Waals surface area contributed by atoms with Crippen LogP contribution in [0.25, 0.3) is 0 Å². The molecule has 6 heteroatoms. The molecule has 0 aliphatic carbocycles. The Hall–Kier alpha value is -1.30. The summed E-state index contributed by atoms with van der Waals surface area (Å²) in [5.41, 5.74) is 5.32. The number of carbonyl (C=O) groups is 1. The third-order valence-electron chi connectivity index (χ3n) is 4.01. The van der Waals surface area contributed by atoms with Crippen molar-refractivity contribution in [3.63, 3.8) is 0 Å². The molecule has 1 amide bonds. The summed E-state index contributed by atoms with van der Waals surface area (Å²) in [5, 5.41) is 3.57. The zero-order chi connectivity index (χ0) is 16.0. The molecule has 1 aliphatic heterocycles. The van der Waals surface area contributed by atoms with E-state index in [1.54, 1.807) is 12.1 Å². The number of rotatable bonds is 6. The number of amides is 1. The second-order valence-corrected chi connectivity index (χ2v) is 6.13. The van der Waals surface area contributed by atoms with Gasteiger partial charge in [0.05, 0.1) is 12.0 Å². The summed E-state index contributed by atoms with van der Waals surface area (Å²) in [7, 11) is 0. The Labute approximate surface area is 136 Å². The lowest BCUT2D eigenvalue weighted by atomic mass is 9.79. The van der Waals surface area contributed by atoms with Crippen molar-refractivity contribution in [1.29, 1.82) is 0 Å². The van der Waals surface area contributed by atoms with E-state index in [9.17, 15) is 4.79 Å². The second-order valence-electron chi connectivity index (χ2n) is 5.69. The molecular weight excluding hydrogens is 304 g/mol. The van der Waals surface area contributed by atoms with Gasteiger partial charge in [0.25, 0.3) is 0 Å². The fraction of sp³-hybridized carbons (Fsp3) is 0.562. The van der Waals surface area contributed by atoms with Crippen LogP contribution in [0.3, 0.4) is 0 Å². The van der Waals surface area contributed by atoms with Gasteiger partial charge >= 0.3 is 0 Å². The summed E-state index contributed by atoms with van der Waals surface area (Å²) in [5.74, 6) is 0.675. The van der Waals surface area contributed by atoms with Crippen LogP contribution in [0.4, 0.5) is 0 Å². The van der Waals surface area contributed by atoms with Gasteiger partial charge in [0.15, 0.2) is 0 Å². The number of benzene rings is 1. The van der Waals surface area contributed by atoms with Crippen molar-refractivity contribution in [3.05, 3.63) is 29.3 Å². The van der Waals surface area contributed by atoms with Gasteiger partial charge in [-0.25, -0.2) is 0 Å². The molecule has 5 nitrogen and oxygen atoms in total. The standard InChI is InChI=1S/C16H23ClN2O3/c1-12(22-14-4-2-3-13(17)9-14)10-19-15(20)16(11-18)5-7-21-8-6-16/h2-4,9,12H,5-8,10-11,18H2,1H3,(H,19,20). The van der Waals surface area contributed by atoms with Gasteiger partial charge < -0.3 is 20.5 Å². The summed E-state index contributed by atoms with van der Waals surface area (Å²) in [4.78, 5) is 12.4. The minimum absolute atomic E-state index is 0.0140. The topological polar surface area (TPSA) is 73.6 Å². The highest BCUT2D eigenvalue weighted by Gasteiger charge is 2.38. The molecule has 1 fully saturated rings. The van der Waals surface area contributed by atoms with Crippen molar-refractivity contribution in [2.75, 3.05) is 26.3 Å². The van der Waals surface area contributed by atoms with Crippen LogP contribution in [0, 0.1) is 5.41 Å². The Morgan fingerprint density at radius 2 is 2.23 bits per heavy atom. The quantitative estimate of drug-likeness (QED) is 0.838. The van der Waals surface area contributed by atoms with Crippen molar-refractivity contribution in [1.82, 2.24) is 5.32 Å². The van der Waals surface area contributed by atoms with Crippen LogP contribution in [0.5, 0.6) is 5.75 Å². The minimum Gasteiger partial charge on any atom is -0.489 e. The van der Waals surface area contributed by atoms with E-state index < -0.39 is 5.41 Å². The Morgan fingerprint density at radius 1 is 1.50 bits per heavy atom. The Morgan fingerprint density at radius 3 is 2.86 bits per heavy atom. The van der Waals surface area contributed by atoms with Crippen LogP contribution in [0.15, 0.2) is 24.3 Å². The van der Waals surface area contributed by atoms with Gasteiger partial charge in [-0.2, -0.15) is 0 Å². The SMILES string of the molecule is CC(CNC(=O)C1(CN)CCOCC1)Oc1cccc(Cl)c1. The number of hydrogen-bond donors (Lipinski definition) is 2. The smallest absolute Gasteiger partial charge is 0.227 e. The number of halogens is 1. The van der Waals surface area contributed by atoms with Gasteiger partial charge in [-0.3, -0.25) is 4.79 Å².